The number of aromatic nitrogens is 1. The van der Waals surface area contributed by atoms with Gasteiger partial charge in [-0.25, -0.2) is 4.39 Å². The van der Waals surface area contributed by atoms with Gasteiger partial charge in [-0.15, -0.1) is 0 Å². The maximum absolute atomic E-state index is 14.8. The molecule has 2 aliphatic heterocycles. The highest BCUT2D eigenvalue weighted by Crippen LogP contribution is 2.32. The predicted octanol–water partition coefficient (Wildman–Crippen LogP) is 4.64. The molecule has 3 aliphatic rings. The van der Waals surface area contributed by atoms with E-state index in [2.05, 4.69) is 12.1 Å². The minimum atomic E-state index is -0.992. The van der Waals surface area contributed by atoms with Crippen molar-refractivity contribution >= 4 is 5.97 Å². The number of nitrogens with zero attached hydrogens (tertiary/aromatic N) is 2. The van der Waals surface area contributed by atoms with E-state index in [1.54, 1.807) is 12.1 Å². The Kier molecular flexibility index (Phi) is 8.73. The number of benzene rings is 1. The van der Waals surface area contributed by atoms with Crippen molar-refractivity contribution in [3.63, 3.8) is 0 Å². The van der Waals surface area contributed by atoms with E-state index < -0.39 is 23.4 Å². The van der Waals surface area contributed by atoms with Gasteiger partial charge in [0.05, 0.1) is 25.9 Å². The van der Waals surface area contributed by atoms with E-state index in [1.165, 1.54) is 30.2 Å². The number of unbranched alkanes of at least 4 members (excludes halogenated alkanes) is 1. The second-order valence-corrected chi connectivity index (χ2v) is 11.1. The first-order chi connectivity index (χ1) is 18.4. The zero-order chi connectivity index (χ0) is 26.5. The Bertz CT molecular complexity index is 1120. The summed E-state index contributed by atoms with van der Waals surface area (Å²) < 4.78 is 32.1. The number of aryl methyl sites for hydroxylation is 3. The molecule has 1 aromatic heterocycles. The molecule has 2 aromatic rings. The molecule has 2 fully saturated rings. The number of hydrogen-bond acceptors (Lipinski definition) is 6. The van der Waals surface area contributed by atoms with Gasteiger partial charge in [0.2, 0.25) is 0 Å². The minimum Gasteiger partial charge on any atom is -0.480 e. The number of fused-ring (bicyclic) bond motifs is 1. The maximum Gasteiger partial charge on any atom is 0.325 e. The molecular weight excluding hydrogens is 487 g/mol. The minimum absolute atomic E-state index is 0.0124. The van der Waals surface area contributed by atoms with Gasteiger partial charge in [-0.2, -0.15) is 0 Å². The first-order valence-corrected chi connectivity index (χ1v) is 14.0. The first-order valence-electron chi connectivity index (χ1n) is 14.0. The zero-order valence-corrected chi connectivity index (χ0v) is 22.3. The third-order valence-electron chi connectivity index (χ3n) is 8.02. The molecule has 3 heterocycles. The second kappa shape index (κ2) is 12.2. The average molecular weight is 527 g/mol. The molecule has 1 N–H and O–H groups in total. The molecule has 0 saturated carbocycles. The fourth-order valence-corrected chi connectivity index (χ4v) is 5.74. The predicted molar refractivity (Wildman–Crippen MR) is 141 cm³/mol. The van der Waals surface area contributed by atoms with Gasteiger partial charge >= 0.3 is 5.97 Å². The van der Waals surface area contributed by atoms with Crippen LogP contribution in [-0.4, -0.2) is 65.6 Å². The van der Waals surface area contributed by atoms with E-state index in [-0.39, 0.29) is 12.7 Å². The Morgan fingerprint density at radius 2 is 2.08 bits per heavy atom. The van der Waals surface area contributed by atoms with Crippen LogP contribution in [0.2, 0.25) is 0 Å². The Balaban J connectivity index is 1.12. The topological polar surface area (TPSA) is 81.1 Å². The highest BCUT2D eigenvalue weighted by molar-refractivity contribution is 5.76. The maximum atomic E-state index is 14.8. The molecule has 2 saturated heterocycles. The normalized spacial score (nSPS) is 21.6. The lowest BCUT2D eigenvalue weighted by molar-refractivity contribution is -0.205. The van der Waals surface area contributed by atoms with Crippen LogP contribution < -0.4 is 0 Å². The SMILES string of the molecule is CC1(OCc2c(F)cccc2C(C(=O)O)N2CC[C@@H](OCCCCc3ccc4c(n3)CCCC4)C2)COC1. The van der Waals surface area contributed by atoms with Gasteiger partial charge in [0.1, 0.15) is 17.5 Å². The van der Waals surface area contributed by atoms with Gasteiger partial charge in [-0.05, 0) is 81.5 Å². The lowest BCUT2D eigenvalue weighted by Crippen LogP contribution is -2.49. The number of likely N-dealkylation sites (tertiary alicyclic amines) is 1. The summed E-state index contributed by atoms with van der Waals surface area (Å²) in [5.74, 6) is -1.44. The van der Waals surface area contributed by atoms with Crippen LogP contribution in [0.15, 0.2) is 30.3 Å². The van der Waals surface area contributed by atoms with Crippen LogP contribution in [0.25, 0.3) is 0 Å². The van der Waals surface area contributed by atoms with Crippen LogP contribution in [0.5, 0.6) is 0 Å². The Hall–Kier alpha value is -2.39. The molecule has 0 radical (unpaired) electrons. The zero-order valence-electron chi connectivity index (χ0n) is 22.3. The summed E-state index contributed by atoms with van der Waals surface area (Å²) in [6, 6.07) is 8.09. The number of aliphatic carboxylic acids is 1. The summed E-state index contributed by atoms with van der Waals surface area (Å²) in [7, 11) is 0. The molecule has 1 unspecified atom stereocenters. The van der Waals surface area contributed by atoms with Crippen molar-refractivity contribution in [3.8, 4) is 0 Å². The molecule has 206 valence electrons. The molecule has 8 heteroatoms. The van der Waals surface area contributed by atoms with Crippen LogP contribution >= 0.6 is 0 Å². The van der Waals surface area contributed by atoms with Crippen molar-refractivity contribution < 1.29 is 28.5 Å². The summed E-state index contributed by atoms with van der Waals surface area (Å²) in [6.45, 7) is 4.56. The van der Waals surface area contributed by atoms with E-state index in [4.69, 9.17) is 19.2 Å². The van der Waals surface area contributed by atoms with Gasteiger partial charge in [0.25, 0.3) is 0 Å². The van der Waals surface area contributed by atoms with Crippen LogP contribution in [0.3, 0.4) is 0 Å². The number of hydrogen-bond donors (Lipinski definition) is 1. The molecule has 5 rings (SSSR count). The summed E-state index contributed by atoms with van der Waals surface area (Å²) in [5, 5.41) is 10.1. The third kappa shape index (κ3) is 6.42. The molecule has 7 nitrogen and oxygen atoms in total. The van der Waals surface area contributed by atoms with Crippen molar-refractivity contribution in [3.05, 3.63) is 64.2 Å². The van der Waals surface area contributed by atoms with Crippen molar-refractivity contribution in [2.75, 3.05) is 32.9 Å². The van der Waals surface area contributed by atoms with Gasteiger partial charge in [0.15, 0.2) is 0 Å². The summed E-state index contributed by atoms with van der Waals surface area (Å²) >= 11 is 0. The third-order valence-corrected chi connectivity index (χ3v) is 8.02. The number of carboxylic acids is 1. The van der Waals surface area contributed by atoms with Gasteiger partial charge < -0.3 is 19.3 Å². The van der Waals surface area contributed by atoms with Gasteiger partial charge in [0, 0.05) is 36.6 Å². The molecule has 0 spiro atoms. The lowest BCUT2D eigenvalue weighted by Gasteiger charge is -2.38. The Morgan fingerprint density at radius 3 is 2.87 bits per heavy atom. The van der Waals surface area contributed by atoms with Crippen LogP contribution in [0.4, 0.5) is 4.39 Å². The summed E-state index contributed by atoms with van der Waals surface area (Å²) in [5.41, 5.74) is 4.14. The van der Waals surface area contributed by atoms with E-state index in [0.717, 1.165) is 44.2 Å². The number of pyridine rings is 1. The summed E-state index contributed by atoms with van der Waals surface area (Å²) in [6.07, 6.45) is 8.38. The standard InChI is InChI=1S/C30H39FN2O5/c1-30(19-36-20-30)38-18-25-24(9-6-10-26(25)31)28(29(34)35)33-15-14-23(17-33)37-16-5-4-8-22-13-12-21-7-2-3-11-27(21)32-22/h6,9-10,12-13,23,28H,2-5,7-8,11,14-20H2,1H3,(H,34,35)/t23-,28?/m1/s1. The van der Waals surface area contributed by atoms with Crippen LogP contribution in [-0.2, 0) is 44.9 Å². The molecule has 38 heavy (non-hydrogen) atoms. The van der Waals surface area contributed by atoms with Crippen molar-refractivity contribution in [2.24, 2.45) is 0 Å². The van der Waals surface area contributed by atoms with Crippen LogP contribution in [0.1, 0.15) is 73.1 Å². The second-order valence-electron chi connectivity index (χ2n) is 11.1. The van der Waals surface area contributed by atoms with Crippen molar-refractivity contribution in [1.82, 2.24) is 9.88 Å². The van der Waals surface area contributed by atoms with Crippen molar-refractivity contribution in [1.29, 1.82) is 0 Å². The molecular formula is C30H39FN2O5. The highest BCUT2D eigenvalue weighted by Gasteiger charge is 2.38. The van der Waals surface area contributed by atoms with E-state index in [0.29, 0.717) is 44.0 Å². The molecule has 0 amide bonds. The molecule has 0 bridgehead atoms. The molecule has 1 aromatic carbocycles. The summed E-state index contributed by atoms with van der Waals surface area (Å²) in [4.78, 5) is 19.1. The molecule has 2 atom stereocenters. The molecule has 1 aliphatic carbocycles. The number of halogens is 1. The van der Waals surface area contributed by atoms with E-state index in [1.807, 2.05) is 11.8 Å². The van der Waals surface area contributed by atoms with Gasteiger partial charge in [-0.3, -0.25) is 14.7 Å². The van der Waals surface area contributed by atoms with E-state index >= 15 is 0 Å². The van der Waals surface area contributed by atoms with E-state index in [9.17, 15) is 14.3 Å². The Labute approximate surface area is 224 Å². The van der Waals surface area contributed by atoms with Crippen molar-refractivity contribution in [2.45, 2.75) is 82.6 Å². The fraction of sp³-hybridized carbons (Fsp3) is 0.600. The number of carbonyl (C=O) groups is 1. The van der Waals surface area contributed by atoms with Crippen LogP contribution in [0, 0.1) is 5.82 Å². The average Bonchev–Trinajstić information content (AvgIpc) is 3.35. The number of rotatable bonds is 12. The Morgan fingerprint density at radius 1 is 1.24 bits per heavy atom. The fourth-order valence-electron chi connectivity index (χ4n) is 5.74. The first kappa shape index (κ1) is 27.2. The number of ether oxygens (including phenoxy) is 3. The quantitative estimate of drug-likeness (QED) is 0.404. The lowest BCUT2D eigenvalue weighted by atomic mass is 9.95. The number of carboxylic acid groups (broad SMARTS) is 1. The largest absolute Gasteiger partial charge is 0.480 e. The monoisotopic (exact) mass is 526 g/mol. The smallest absolute Gasteiger partial charge is 0.325 e. The highest BCUT2D eigenvalue weighted by atomic mass is 19.1. The van der Waals surface area contributed by atoms with Gasteiger partial charge in [-0.1, -0.05) is 18.2 Å².